The number of nitrogens with zero attached hydrogens (tertiary/aromatic N) is 3. The summed E-state index contributed by atoms with van der Waals surface area (Å²) in [6, 6.07) is 12.8. The molecule has 28 heavy (non-hydrogen) atoms. The number of halogens is 1. The van der Waals surface area contributed by atoms with Gasteiger partial charge in [-0.15, -0.1) is 10.2 Å². The van der Waals surface area contributed by atoms with Crippen LogP contribution in [0.15, 0.2) is 47.6 Å². The summed E-state index contributed by atoms with van der Waals surface area (Å²) < 4.78 is 6.64. The first kappa shape index (κ1) is 20.0. The molecule has 1 aromatic heterocycles. The van der Waals surface area contributed by atoms with Crippen LogP contribution in [0.2, 0.25) is 5.02 Å². The number of methoxy groups -OCH3 is 1. The van der Waals surface area contributed by atoms with Gasteiger partial charge in [-0.05, 0) is 32.0 Å². The Labute approximate surface area is 172 Å². The van der Waals surface area contributed by atoms with Crippen LogP contribution >= 0.6 is 23.4 Å². The van der Waals surface area contributed by atoms with Gasteiger partial charge >= 0.3 is 0 Å². The van der Waals surface area contributed by atoms with Crippen LogP contribution in [0.4, 0.5) is 5.69 Å². The van der Waals surface area contributed by atoms with Crippen molar-refractivity contribution >= 4 is 35.0 Å². The molecule has 2 aromatic carbocycles. The summed E-state index contributed by atoms with van der Waals surface area (Å²) in [5.74, 6) is 6.97. The lowest BCUT2D eigenvalue weighted by Crippen LogP contribution is -2.24. The van der Waals surface area contributed by atoms with E-state index in [0.29, 0.717) is 27.4 Å². The monoisotopic (exact) mass is 417 g/mol. The molecular weight excluding hydrogens is 398 g/mol. The maximum atomic E-state index is 12.6. The normalized spacial score (nSPS) is 11.9. The van der Waals surface area contributed by atoms with Gasteiger partial charge in [-0.2, -0.15) is 0 Å². The van der Waals surface area contributed by atoms with Crippen molar-refractivity contribution in [1.82, 2.24) is 14.9 Å². The molecule has 0 aliphatic heterocycles. The van der Waals surface area contributed by atoms with Gasteiger partial charge < -0.3 is 15.9 Å². The number of hydrogen-bond donors (Lipinski definition) is 2. The molecule has 0 radical (unpaired) electrons. The molecule has 1 amide bonds. The Morgan fingerprint density at radius 3 is 2.64 bits per heavy atom. The quantitative estimate of drug-likeness (QED) is 0.468. The molecule has 3 rings (SSSR count). The number of aryl methyl sites for hydroxylation is 1. The highest BCUT2D eigenvalue weighted by atomic mass is 35.5. The maximum absolute atomic E-state index is 12.6. The lowest BCUT2D eigenvalue weighted by molar-refractivity contribution is -0.115. The number of nitrogen functional groups attached to an aromatic ring is 1. The molecule has 9 heteroatoms. The Kier molecular flexibility index (Phi) is 6.11. The number of benzene rings is 2. The number of nitrogens with two attached hydrogens (primary N) is 1. The summed E-state index contributed by atoms with van der Waals surface area (Å²) in [4.78, 5) is 12.6. The summed E-state index contributed by atoms with van der Waals surface area (Å²) in [6.07, 6.45) is 0. The van der Waals surface area contributed by atoms with Crippen LogP contribution < -0.4 is 15.9 Å². The molecule has 7 nitrogen and oxygen atoms in total. The standard InChI is InChI=1S/C19H20ClN5O2S/c1-11-4-6-13(7-5-11)17-23-24-19(25(17)21)28-12(2)18(26)22-15-10-14(20)8-9-16(15)27-3/h4-10,12H,21H2,1-3H3,(H,22,26)/t12-/m0/s1. The van der Waals surface area contributed by atoms with Gasteiger partial charge in [0.05, 0.1) is 18.0 Å². The SMILES string of the molecule is COc1ccc(Cl)cc1NC(=O)[C@H](C)Sc1nnc(-c2ccc(C)cc2)n1N. The summed E-state index contributed by atoms with van der Waals surface area (Å²) >= 11 is 7.22. The molecular formula is C19H20ClN5O2S. The van der Waals surface area contributed by atoms with Gasteiger partial charge in [-0.3, -0.25) is 4.79 Å². The smallest absolute Gasteiger partial charge is 0.237 e. The third-order valence-corrected chi connectivity index (χ3v) is 5.34. The first-order valence-electron chi connectivity index (χ1n) is 8.47. The van der Waals surface area contributed by atoms with Crippen LogP contribution in [0.3, 0.4) is 0 Å². The summed E-state index contributed by atoms with van der Waals surface area (Å²) in [5, 5.41) is 11.6. The summed E-state index contributed by atoms with van der Waals surface area (Å²) in [7, 11) is 1.53. The minimum atomic E-state index is -0.471. The Morgan fingerprint density at radius 1 is 1.25 bits per heavy atom. The average molecular weight is 418 g/mol. The zero-order valence-corrected chi connectivity index (χ0v) is 17.2. The van der Waals surface area contributed by atoms with E-state index < -0.39 is 5.25 Å². The third kappa shape index (κ3) is 4.40. The van der Waals surface area contributed by atoms with Gasteiger partial charge in [0, 0.05) is 10.6 Å². The van der Waals surface area contributed by atoms with Gasteiger partial charge in [0.15, 0.2) is 5.82 Å². The minimum Gasteiger partial charge on any atom is -0.495 e. The zero-order chi connectivity index (χ0) is 20.3. The van der Waals surface area contributed by atoms with E-state index in [-0.39, 0.29) is 5.91 Å². The first-order valence-corrected chi connectivity index (χ1v) is 9.73. The summed E-state index contributed by atoms with van der Waals surface area (Å²) in [6.45, 7) is 3.77. The molecule has 0 bridgehead atoms. The van der Waals surface area contributed by atoms with Gasteiger partial charge in [0.1, 0.15) is 5.75 Å². The largest absolute Gasteiger partial charge is 0.495 e. The van der Waals surface area contributed by atoms with E-state index in [1.165, 1.54) is 23.5 Å². The average Bonchev–Trinajstić information content (AvgIpc) is 3.03. The molecule has 0 saturated carbocycles. The van der Waals surface area contributed by atoms with Gasteiger partial charge in [0.25, 0.3) is 0 Å². The molecule has 3 aromatic rings. The number of nitrogens with one attached hydrogen (secondary N) is 1. The molecule has 0 aliphatic rings. The predicted molar refractivity (Wildman–Crippen MR) is 112 cm³/mol. The number of thioether (sulfide) groups is 1. The van der Waals surface area contributed by atoms with Crippen molar-refractivity contribution in [2.24, 2.45) is 0 Å². The Bertz CT molecular complexity index is 990. The van der Waals surface area contributed by atoms with Crippen LogP contribution in [-0.2, 0) is 4.79 Å². The number of carbonyl (C=O) groups excluding carboxylic acids is 1. The van der Waals surface area contributed by atoms with Crippen molar-refractivity contribution in [3.05, 3.63) is 53.1 Å². The van der Waals surface area contributed by atoms with Crippen molar-refractivity contribution in [2.75, 3.05) is 18.3 Å². The van der Waals surface area contributed by atoms with Crippen molar-refractivity contribution in [2.45, 2.75) is 24.3 Å². The molecule has 0 aliphatic carbocycles. The van der Waals surface area contributed by atoms with Crippen molar-refractivity contribution in [3.8, 4) is 17.1 Å². The zero-order valence-electron chi connectivity index (χ0n) is 15.6. The second kappa shape index (κ2) is 8.53. The fourth-order valence-corrected chi connectivity index (χ4v) is 3.42. The van der Waals surface area contributed by atoms with Gasteiger partial charge in [0.2, 0.25) is 11.1 Å². The first-order chi connectivity index (χ1) is 13.4. The fourth-order valence-electron chi connectivity index (χ4n) is 2.48. The Balaban J connectivity index is 1.73. The van der Waals surface area contributed by atoms with Gasteiger partial charge in [-0.25, -0.2) is 4.68 Å². The Morgan fingerprint density at radius 2 is 1.96 bits per heavy atom. The molecule has 0 spiro atoms. The van der Waals surface area contributed by atoms with Crippen LogP contribution in [-0.4, -0.2) is 33.1 Å². The van der Waals surface area contributed by atoms with E-state index in [1.54, 1.807) is 25.1 Å². The van der Waals surface area contributed by atoms with E-state index in [1.807, 2.05) is 31.2 Å². The van der Waals surface area contributed by atoms with Crippen LogP contribution in [0.1, 0.15) is 12.5 Å². The molecule has 1 atom stereocenters. The topological polar surface area (TPSA) is 95.1 Å². The van der Waals surface area contributed by atoms with Crippen molar-refractivity contribution < 1.29 is 9.53 Å². The highest BCUT2D eigenvalue weighted by Crippen LogP contribution is 2.30. The van der Waals surface area contributed by atoms with E-state index in [0.717, 1.165) is 11.1 Å². The lowest BCUT2D eigenvalue weighted by atomic mass is 10.1. The fraction of sp³-hybridized carbons (Fsp3) is 0.211. The molecule has 0 saturated heterocycles. The molecule has 3 N–H and O–H groups in total. The van der Waals surface area contributed by atoms with Crippen molar-refractivity contribution in [3.63, 3.8) is 0 Å². The number of carbonyl (C=O) groups is 1. The third-order valence-electron chi connectivity index (χ3n) is 4.05. The number of aromatic nitrogens is 3. The lowest BCUT2D eigenvalue weighted by Gasteiger charge is -2.14. The second-order valence-electron chi connectivity index (χ2n) is 6.14. The maximum Gasteiger partial charge on any atom is 0.237 e. The molecule has 1 heterocycles. The van der Waals surface area contributed by atoms with Crippen molar-refractivity contribution in [1.29, 1.82) is 0 Å². The number of amides is 1. The van der Waals surface area contributed by atoms with Crippen LogP contribution in [0.25, 0.3) is 11.4 Å². The number of rotatable bonds is 6. The van der Waals surface area contributed by atoms with E-state index in [2.05, 4.69) is 15.5 Å². The molecule has 0 fully saturated rings. The predicted octanol–water partition coefficient (Wildman–Crippen LogP) is 3.75. The van der Waals surface area contributed by atoms with Gasteiger partial charge in [-0.1, -0.05) is 53.2 Å². The molecule has 146 valence electrons. The number of anilines is 1. The Hall–Kier alpha value is -2.71. The van der Waals surface area contributed by atoms with E-state index in [9.17, 15) is 4.79 Å². The van der Waals surface area contributed by atoms with Crippen LogP contribution in [0.5, 0.6) is 5.75 Å². The van der Waals surface area contributed by atoms with E-state index in [4.69, 9.17) is 22.2 Å². The second-order valence-corrected chi connectivity index (χ2v) is 7.88. The van der Waals surface area contributed by atoms with Crippen LogP contribution in [0, 0.1) is 6.92 Å². The highest BCUT2D eigenvalue weighted by molar-refractivity contribution is 8.00. The highest BCUT2D eigenvalue weighted by Gasteiger charge is 2.21. The minimum absolute atomic E-state index is 0.231. The number of ether oxygens (including phenoxy) is 1. The molecule has 0 unspecified atom stereocenters. The summed E-state index contributed by atoms with van der Waals surface area (Å²) in [5.41, 5.74) is 2.50. The van der Waals surface area contributed by atoms with E-state index >= 15 is 0 Å². The number of hydrogen-bond acceptors (Lipinski definition) is 6.